The average Bonchev–Trinajstić information content (AvgIpc) is 3.19. The Hall–Kier alpha value is -3.11. The third-order valence-corrected chi connectivity index (χ3v) is 5.81. The first-order chi connectivity index (χ1) is 14.5. The summed E-state index contributed by atoms with van der Waals surface area (Å²) >= 11 is 2.62. The number of hydrogen-bond acceptors (Lipinski definition) is 8. The van der Waals surface area contributed by atoms with Gasteiger partial charge in [-0.3, -0.25) is 9.59 Å². The van der Waals surface area contributed by atoms with Gasteiger partial charge in [-0.2, -0.15) is 0 Å². The minimum Gasteiger partial charge on any atom is -0.495 e. The van der Waals surface area contributed by atoms with Crippen molar-refractivity contribution in [2.24, 2.45) is 0 Å². The van der Waals surface area contributed by atoms with E-state index in [1.807, 2.05) is 49.4 Å². The highest BCUT2D eigenvalue weighted by molar-refractivity contribution is 8.01. The zero-order chi connectivity index (χ0) is 21.3. The molecule has 2 amide bonds. The van der Waals surface area contributed by atoms with E-state index in [0.29, 0.717) is 20.9 Å². The van der Waals surface area contributed by atoms with Crippen molar-refractivity contribution in [2.75, 3.05) is 30.0 Å². The van der Waals surface area contributed by atoms with Gasteiger partial charge in [-0.25, -0.2) is 0 Å². The van der Waals surface area contributed by atoms with E-state index in [2.05, 4.69) is 26.1 Å². The van der Waals surface area contributed by atoms with E-state index in [0.717, 1.165) is 11.3 Å². The number of aromatic nitrogens is 2. The normalized spacial score (nSPS) is 10.3. The smallest absolute Gasteiger partial charge is 0.243 e. The summed E-state index contributed by atoms with van der Waals surface area (Å²) in [5.41, 5.74) is 2.47. The zero-order valence-electron chi connectivity index (χ0n) is 16.5. The predicted molar refractivity (Wildman–Crippen MR) is 120 cm³/mol. The summed E-state index contributed by atoms with van der Waals surface area (Å²) in [6, 6.07) is 15.1. The fourth-order valence-corrected chi connectivity index (χ4v) is 4.04. The van der Waals surface area contributed by atoms with Crippen LogP contribution in [0, 0.1) is 6.92 Å². The number of ether oxygens (including phenoxy) is 1. The molecule has 3 aromatic rings. The van der Waals surface area contributed by atoms with Crippen LogP contribution in [0.25, 0.3) is 0 Å². The highest BCUT2D eigenvalue weighted by atomic mass is 32.2. The molecule has 8 nitrogen and oxygen atoms in total. The van der Waals surface area contributed by atoms with Gasteiger partial charge in [0.2, 0.25) is 16.9 Å². The molecule has 1 heterocycles. The number of rotatable bonds is 9. The number of carbonyl (C=O) groups is 2. The second-order valence-electron chi connectivity index (χ2n) is 6.18. The Morgan fingerprint density at radius 2 is 1.90 bits per heavy atom. The summed E-state index contributed by atoms with van der Waals surface area (Å²) in [5, 5.41) is 17.3. The Bertz CT molecular complexity index is 1010. The summed E-state index contributed by atoms with van der Waals surface area (Å²) in [6.45, 7) is 1.79. The number of hydrogen-bond donors (Lipinski definition) is 3. The lowest BCUT2D eigenvalue weighted by Gasteiger charge is -2.11. The van der Waals surface area contributed by atoms with Crippen molar-refractivity contribution in [3.63, 3.8) is 0 Å². The van der Waals surface area contributed by atoms with Crippen molar-refractivity contribution in [3.05, 3.63) is 54.1 Å². The van der Waals surface area contributed by atoms with Crippen LogP contribution in [0.3, 0.4) is 0 Å². The molecular formula is C20H21N5O3S2. The number of benzene rings is 2. The number of para-hydroxylation sites is 1. The lowest BCUT2D eigenvalue weighted by atomic mass is 10.2. The summed E-state index contributed by atoms with van der Waals surface area (Å²) in [5.74, 6) is 0.106. The molecule has 0 atom stereocenters. The SMILES string of the molecule is COc1ccc(C)cc1NC(=O)CNC(=O)CSc1nnc(Nc2ccccc2)s1. The lowest BCUT2D eigenvalue weighted by Crippen LogP contribution is -2.34. The standard InChI is InChI=1S/C20H21N5O3S2/c1-13-8-9-16(28-2)15(10-13)23-17(26)11-21-18(27)12-29-20-25-24-19(30-20)22-14-6-4-3-5-7-14/h3-10H,11-12H2,1-2H3,(H,21,27)(H,22,24)(H,23,26). The molecule has 3 N–H and O–H groups in total. The van der Waals surface area contributed by atoms with Crippen molar-refractivity contribution < 1.29 is 14.3 Å². The Balaban J connectivity index is 1.42. The number of nitrogens with zero attached hydrogens (tertiary/aromatic N) is 2. The molecule has 0 fully saturated rings. The van der Waals surface area contributed by atoms with Crippen LogP contribution in [0.15, 0.2) is 52.9 Å². The molecule has 10 heteroatoms. The van der Waals surface area contributed by atoms with Gasteiger partial charge in [0.25, 0.3) is 0 Å². The summed E-state index contributed by atoms with van der Waals surface area (Å²) in [7, 11) is 1.54. The fourth-order valence-electron chi connectivity index (χ4n) is 2.43. The van der Waals surface area contributed by atoms with Crippen LogP contribution in [0.5, 0.6) is 5.75 Å². The van der Waals surface area contributed by atoms with Gasteiger partial charge in [-0.15, -0.1) is 10.2 Å². The van der Waals surface area contributed by atoms with Crippen LogP contribution in [0.1, 0.15) is 5.56 Å². The Morgan fingerprint density at radius 1 is 1.10 bits per heavy atom. The van der Waals surface area contributed by atoms with E-state index in [-0.39, 0.29) is 24.1 Å². The van der Waals surface area contributed by atoms with Crippen LogP contribution < -0.4 is 20.7 Å². The van der Waals surface area contributed by atoms with E-state index in [1.54, 1.807) is 6.07 Å². The number of nitrogens with one attached hydrogen (secondary N) is 3. The fraction of sp³-hybridized carbons (Fsp3) is 0.200. The van der Waals surface area contributed by atoms with Crippen molar-refractivity contribution in [2.45, 2.75) is 11.3 Å². The summed E-state index contributed by atoms with van der Waals surface area (Å²) in [6.07, 6.45) is 0. The summed E-state index contributed by atoms with van der Waals surface area (Å²) in [4.78, 5) is 24.2. The largest absolute Gasteiger partial charge is 0.495 e. The van der Waals surface area contributed by atoms with E-state index in [9.17, 15) is 9.59 Å². The third-order valence-electron chi connectivity index (χ3n) is 3.83. The average molecular weight is 444 g/mol. The molecule has 156 valence electrons. The van der Waals surface area contributed by atoms with Gasteiger partial charge in [0.1, 0.15) is 5.75 Å². The van der Waals surface area contributed by atoms with E-state index < -0.39 is 0 Å². The number of carbonyl (C=O) groups excluding carboxylic acids is 2. The first-order valence-electron chi connectivity index (χ1n) is 9.03. The van der Waals surface area contributed by atoms with Crippen LogP contribution in [0.4, 0.5) is 16.5 Å². The quantitative estimate of drug-likeness (QED) is 0.435. The van der Waals surface area contributed by atoms with Gasteiger partial charge in [0.15, 0.2) is 4.34 Å². The van der Waals surface area contributed by atoms with Gasteiger partial charge in [-0.05, 0) is 36.8 Å². The maximum Gasteiger partial charge on any atom is 0.243 e. The second kappa shape index (κ2) is 10.6. The van der Waals surface area contributed by atoms with Gasteiger partial charge >= 0.3 is 0 Å². The van der Waals surface area contributed by atoms with Gasteiger partial charge in [-0.1, -0.05) is 47.4 Å². The van der Waals surface area contributed by atoms with Gasteiger partial charge in [0, 0.05) is 5.69 Å². The first-order valence-corrected chi connectivity index (χ1v) is 10.8. The van der Waals surface area contributed by atoms with Crippen molar-refractivity contribution in [3.8, 4) is 5.75 Å². The molecule has 1 aromatic heterocycles. The minimum absolute atomic E-state index is 0.132. The van der Waals surface area contributed by atoms with E-state index >= 15 is 0 Å². The van der Waals surface area contributed by atoms with Crippen molar-refractivity contribution in [1.82, 2.24) is 15.5 Å². The molecule has 0 spiro atoms. The molecule has 0 saturated heterocycles. The maximum atomic E-state index is 12.1. The Kier molecular flexibility index (Phi) is 7.63. The highest BCUT2D eigenvalue weighted by Crippen LogP contribution is 2.27. The van der Waals surface area contributed by atoms with Crippen LogP contribution in [0.2, 0.25) is 0 Å². The van der Waals surface area contributed by atoms with Crippen molar-refractivity contribution in [1.29, 1.82) is 0 Å². The molecule has 2 aromatic carbocycles. The minimum atomic E-state index is -0.331. The highest BCUT2D eigenvalue weighted by Gasteiger charge is 2.11. The number of anilines is 3. The molecule has 0 aliphatic rings. The van der Waals surface area contributed by atoms with Crippen molar-refractivity contribution >= 4 is 51.4 Å². The summed E-state index contributed by atoms with van der Waals surface area (Å²) < 4.78 is 5.90. The molecular weight excluding hydrogens is 422 g/mol. The van der Waals surface area contributed by atoms with E-state index in [4.69, 9.17) is 4.74 Å². The molecule has 0 aliphatic carbocycles. The second-order valence-corrected chi connectivity index (χ2v) is 8.38. The van der Waals surface area contributed by atoms with E-state index in [1.165, 1.54) is 30.2 Å². The molecule has 0 aliphatic heterocycles. The molecule has 0 unspecified atom stereocenters. The number of amides is 2. The van der Waals surface area contributed by atoms with Gasteiger partial charge in [0.05, 0.1) is 25.1 Å². The monoisotopic (exact) mass is 443 g/mol. The molecule has 3 rings (SSSR count). The topological polar surface area (TPSA) is 105 Å². The maximum absolute atomic E-state index is 12.1. The van der Waals surface area contributed by atoms with Crippen LogP contribution >= 0.6 is 23.1 Å². The first kappa shape index (κ1) is 21.6. The number of thioether (sulfide) groups is 1. The van der Waals surface area contributed by atoms with Gasteiger partial charge < -0.3 is 20.7 Å². The lowest BCUT2D eigenvalue weighted by molar-refractivity contribution is -0.122. The van der Waals surface area contributed by atoms with Crippen LogP contribution in [-0.2, 0) is 9.59 Å². The Labute approximate surface area is 182 Å². The number of methoxy groups -OCH3 is 1. The van der Waals surface area contributed by atoms with Crippen LogP contribution in [-0.4, -0.2) is 41.4 Å². The molecule has 0 saturated carbocycles. The zero-order valence-corrected chi connectivity index (χ0v) is 18.1. The molecule has 0 radical (unpaired) electrons. The Morgan fingerprint density at radius 3 is 2.67 bits per heavy atom. The number of aryl methyl sites for hydroxylation is 1. The predicted octanol–water partition coefficient (Wildman–Crippen LogP) is 3.45. The molecule has 0 bridgehead atoms. The molecule has 30 heavy (non-hydrogen) atoms. The third kappa shape index (κ3) is 6.46.